The maximum atomic E-state index is 11.6. The summed E-state index contributed by atoms with van der Waals surface area (Å²) in [5.74, 6) is -0.399. The number of hydrogen-bond acceptors (Lipinski definition) is 5. The number of methoxy groups -OCH3 is 1. The second-order valence-electron chi connectivity index (χ2n) is 3.17. The van der Waals surface area contributed by atoms with Gasteiger partial charge in [0.15, 0.2) is 0 Å². The molecule has 88 valence electrons. The van der Waals surface area contributed by atoms with Gasteiger partial charge in [0.05, 0.1) is 12.6 Å². The molecule has 0 aromatic carbocycles. The van der Waals surface area contributed by atoms with Gasteiger partial charge in [-0.1, -0.05) is 0 Å². The number of nitrogens with two attached hydrogens (primary N) is 1. The number of ether oxygens (including phenoxy) is 1. The van der Waals surface area contributed by atoms with Gasteiger partial charge in [-0.3, -0.25) is 9.59 Å². The molecule has 1 amide bonds. The number of aromatic nitrogens is 2. The third kappa shape index (κ3) is 3.44. The molecule has 1 atom stereocenters. The van der Waals surface area contributed by atoms with Gasteiger partial charge in [-0.2, -0.15) is 5.10 Å². The minimum atomic E-state index is -0.399. The lowest BCUT2D eigenvalue weighted by molar-refractivity contribution is 0.0894. The minimum absolute atomic E-state index is 0.133. The summed E-state index contributed by atoms with van der Waals surface area (Å²) in [6.45, 7) is 0.592. The summed E-state index contributed by atoms with van der Waals surface area (Å²) in [5.41, 5.74) is 5.21. The number of nitrogens with one attached hydrogen (secondary N) is 2. The molecule has 1 unspecified atom stereocenters. The second-order valence-corrected chi connectivity index (χ2v) is 3.17. The lowest BCUT2D eigenvalue weighted by Gasteiger charge is -2.14. The molecule has 4 N–H and O–H groups in total. The van der Waals surface area contributed by atoms with Gasteiger partial charge in [0.25, 0.3) is 11.5 Å². The zero-order valence-corrected chi connectivity index (χ0v) is 8.90. The lowest BCUT2D eigenvalue weighted by Crippen LogP contribution is -2.43. The van der Waals surface area contributed by atoms with E-state index in [1.807, 2.05) is 0 Å². The highest BCUT2D eigenvalue weighted by Gasteiger charge is 2.13. The molecule has 0 spiro atoms. The van der Waals surface area contributed by atoms with Crippen LogP contribution in [0, 0.1) is 0 Å². The van der Waals surface area contributed by atoms with Crippen molar-refractivity contribution < 1.29 is 9.53 Å². The molecule has 0 radical (unpaired) electrons. The highest BCUT2D eigenvalue weighted by molar-refractivity contribution is 5.92. The Balaban J connectivity index is 2.64. The van der Waals surface area contributed by atoms with Crippen molar-refractivity contribution in [3.63, 3.8) is 0 Å². The highest BCUT2D eigenvalue weighted by atomic mass is 16.5. The Hall–Kier alpha value is -1.73. The maximum absolute atomic E-state index is 11.6. The minimum Gasteiger partial charge on any atom is -0.383 e. The molecular formula is C9H14N4O3. The van der Waals surface area contributed by atoms with E-state index in [-0.39, 0.29) is 23.8 Å². The van der Waals surface area contributed by atoms with E-state index in [1.54, 1.807) is 0 Å². The number of aromatic amines is 1. The number of nitrogens with zero attached hydrogens (tertiary/aromatic N) is 1. The normalized spacial score (nSPS) is 12.1. The van der Waals surface area contributed by atoms with Crippen LogP contribution in [0.1, 0.15) is 10.5 Å². The predicted octanol–water partition coefficient (Wildman–Crippen LogP) is -1.53. The van der Waals surface area contributed by atoms with Crippen LogP contribution in [0.25, 0.3) is 0 Å². The maximum Gasteiger partial charge on any atom is 0.272 e. The van der Waals surface area contributed by atoms with Gasteiger partial charge >= 0.3 is 0 Å². The Kier molecular flexibility index (Phi) is 4.62. The van der Waals surface area contributed by atoms with Gasteiger partial charge in [0, 0.05) is 19.7 Å². The van der Waals surface area contributed by atoms with E-state index >= 15 is 0 Å². The van der Waals surface area contributed by atoms with Crippen LogP contribution in [-0.2, 0) is 4.74 Å². The van der Waals surface area contributed by atoms with Crippen molar-refractivity contribution >= 4 is 5.91 Å². The molecule has 0 bridgehead atoms. The molecule has 1 rings (SSSR count). The summed E-state index contributed by atoms with van der Waals surface area (Å²) in [7, 11) is 1.52. The zero-order chi connectivity index (χ0) is 12.0. The monoisotopic (exact) mass is 226 g/mol. The number of amides is 1. The van der Waals surface area contributed by atoms with Crippen molar-refractivity contribution in [2.24, 2.45) is 5.73 Å². The number of H-pyrrole nitrogens is 1. The van der Waals surface area contributed by atoms with E-state index in [0.29, 0.717) is 6.61 Å². The summed E-state index contributed by atoms with van der Waals surface area (Å²) in [5, 5.41) is 8.40. The molecule has 0 aliphatic rings. The molecule has 1 heterocycles. The van der Waals surface area contributed by atoms with E-state index < -0.39 is 5.91 Å². The topological polar surface area (TPSA) is 110 Å². The van der Waals surface area contributed by atoms with Crippen molar-refractivity contribution in [3.8, 4) is 0 Å². The van der Waals surface area contributed by atoms with Gasteiger partial charge < -0.3 is 15.8 Å². The first-order valence-electron chi connectivity index (χ1n) is 4.73. The molecule has 0 aliphatic carbocycles. The standard InChI is InChI=1S/C9H14N4O3/c1-16-5-6(4-10)11-9(15)7-2-3-8(14)13-12-7/h2-3,6H,4-5,10H2,1H3,(H,11,15)(H,13,14). The summed E-state index contributed by atoms with van der Waals surface area (Å²) >= 11 is 0. The van der Waals surface area contributed by atoms with E-state index in [0.717, 1.165) is 0 Å². The van der Waals surface area contributed by atoms with Crippen LogP contribution < -0.4 is 16.6 Å². The van der Waals surface area contributed by atoms with Gasteiger partial charge in [-0.15, -0.1) is 0 Å². The van der Waals surface area contributed by atoms with E-state index in [9.17, 15) is 9.59 Å². The van der Waals surface area contributed by atoms with Crippen LogP contribution in [0.5, 0.6) is 0 Å². The van der Waals surface area contributed by atoms with Crippen LogP contribution in [0.2, 0.25) is 0 Å². The van der Waals surface area contributed by atoms with Crippen LogP contribution >= 0.6 is 0 Å². The highest BCUT2D eigenvalue weighted by Crippen LogP contribution is 1.91. The van der Waals surface area contributed by atoms with Crippen LogP contribution in [0.15, 0.2) is 16.9 Å². The molecule has 0 saturated carbocycles. The summed E-state index contributed by atoms with van der Waals surface area (Å²) < 4.78 is 4.88. The number of carbonyl (C=O) groups excluding carboxylic acids is 1. The Bertz CT molecular complexity index is 383. The average Bonchev–Trinajstić information content (AvgIpc) is 2.29. The fourth-order valence-electron chi connectivity index (χ4n) is 1.10. The third-order valence-electron chi connectivity index (χ3n) is 1.90. The molecule has 7 nitrogen and oxygen atoms in total. The molecule has 0 fully saturated rings. The lowest BCUT2D eigenvalue weighted by atomic mass is 10.3. The van der Waals surface area contributed by atoms with E-state index in [1.165, 1.54) is 19.2 Å². The van der Waals surface area contributed by atoms with Crippen LogP contribution in [0.3, 0.4) is 0 Å². The quantitative estimate of drug-likeness (QED) is 0.564. The molecule has 0 saturated heterocycles. The van der Waals surface area contributed by atoms with Crippen molar-refractivity contribution in [1.82, 2.24) is 15.5 Å². The van der Waals surface area contributed by atoms with Gasteiger partial charge in [-0.25, -0.2) is 5.10 Å². The SMILES string of the molecule is COCC(CN)NC(=O)c1ccc(=O)[nH]n1. The van der Waals surface area contributed by atoms with Crippen molar-refractivity contribution in [1.29, 1.82) is 0 Å². The fraction of sp³-hybridized carbons (Fsp3) is 0.444. The van der Waals surface area contributed by atoms with E-state index in [4.69, 9.17) is 10.5 Å². The fourth-order valence-corrected chi connectivity index (χ4v) is 1.10. The first kappa shape index (κ1) is 12.3. The third-order valence-corrected chi connectivity index (χ3v) is 1.90. The first-order valence-corrected chi connectivity index (χ1v) is 4.73. The van der Waals surface area contributed by atoms with Gasteiger partial charge in [0.2, 0.25) is 0 Å². The average molecular weight is 226 g/mol. The zero-order valence-electron chi connectivity index (χ0n) is 8.90. The van der Waals surface area contributed by atoms with Crippen molar-refractivity contribution in [3.05, 3.63) is 28.2 Å². The first-order chi connectivity index (χ1) is 7.67. The van der Waals surface area contributed by atoms with Gasteiger partial charge in [0.1, 0.15) is 5.69 Å². The molecule has 0 aliphatic heterocycles. The summed E-state index contributed by atoms with van der Waals surface area (Å²) in [6.07, 6.45) is 0. The Morgan fingerprint density at radius 1 is 1.69 bits per heavy atom. The molecule has 16 heavy (non-hydrogen) atoms. The van der Waals surface area contributed by atoms with Crippen molar-refractivity contribution in [2.75, 3.05) is 20.3 Å². The van der Waals surface area contributed by atoms with Crippen molar-refractivity contribution in [2.45, 2.75) is 6.04 Å². The Labute approximate surface area is 92.0 Å². The predicted molar refractivity (Wildman–Crippen MR) is 57.0 cm³/mol. The van der Waals surface area contributed by atoms with Crippen LogP contribution in [-0.4, -0.2) is 42.4 Å². The van der Waals surface area contributed by atoms with Crippen LogP contribution in [0.4, 0.5) is 0 Å². The number of carbonyl (C=O) groups is 1. The Morgan fingerprint density at radius 3 is 2.94 bits per heavy atom. The second kappa shape index (κ2) is 5.99. The smallest absolute Gasteiger partial charge is 0.272 e. The number of hydrogen-bond donors (Lipinski definition) is 3. The number of rotatable bonds is 5. The summed E-state index contributed by atoms with van der Waals surface area (Å²) in [6, 6.07) is 2.30. The Morgan fingerprint density at radius 2 is 2.44 bits per heavy atom. The van der Waals surface area contributed by atoms with E-state index in [2.05, 4.69) is 15.5 Å². The largest absolute Gasteiger partial charge is 0.383 e. The molecule has 1 aromatic heterocycles. The summed E-state index contributed by atoms with van der Waals surface area (Å²) in [4.78, 5) is 22.3. The van der Waals surface area contributed by atoms with Gasteiger partial charge in [-0.05, 0) is 6.07 Å². The molecule has 7 heteroatoms. The molecular weight excluding hydrogens is 212 g/mol. The molecule has 1 aromatic rings.